The van der Waals surface area contributed by atoms with Gasteiger partial charge in [0.15, 0.2) is 0 Å². The molecule has 194 valence electrons. The monoisotopic (exact) mass is 455 g/mol. The van der Waals surface area contributed by atoms with E-state index in [0.29, 0.717) is 6.04 Å². The minimum absolute atomic E-state index is 0.422. The molecule has 0 saturated heterocycles. The van der Waals surface area contributed by atoms with E-state index < -0.39 is 0 Å². The van der Waals surface area contributed by atoms with Gasteiger partial charge in [0.2, 0.25) is 0 Å². The summed E-state index contributed by atoms with van der Waals surface area (Å²) in [6.07, 6.45) is 28.7. The second-order valence-electron chi connectivity index (χ2n) is 9.83. The van der Waals surface area contributed by atoms with Crippen LogP contribution in [0.15, 0.2) is 0 Å². The van der Waals surface area contributed by atoms with Crippen LogP contribution in [0.3, 0.4) is 0 Å². The zero-order valence-corrected chi connectivity index (χ0v) is 22.6. The lowest BCUT2D eigenvalue weighted by Crippen LogP contribution is -2.31. The van der Waals surface area contributed by atoms with Crippen molar-refractivity contribution in [2.45, 2.75) is 155 Å². The predicted molar refractivity (Wildman–Crippen MR) is 143 cm³/mol. The first-order valence-corrected chi connectivity index (χ1v) is 14.7. The molecule has 0 fully saturated rings. The first-order valence-electron chi connectivity index (χ1n) is 14.7. The SMILES string of the molecule is CCCCCCCCCCCCOCCC(COCCCCCCCCCCCC)NC. The molecular formula is C29H61NO2. The summed E-state index contributed by atoms with van der Waals surface area (Å²) in [5.41, 5.74) is 0. The lowest BCUT2D eigenvalue weighted by molar-refractivity contribution is 0.0815. The zero-order chi connectivity index (χ0) is 23.4. The van der Waals surface area contributed by atoms with Crippen molar-refractivity contribution in [2.24, 2.45) is 0 Å². The zero-order valence-electron chi connectivity index (χ0n) is 22.6. The molecular weight excluding hydrogens is 394 g/mol. The average Bonchev–Trinajstić information content (AvgIpc) is 2.81. The van der Waals surface area contributed by atoms with Crippen molar-refractivity contribution >= 4 is 0 Å². The number of hydrogen-bond donors (Lipinski definition) is 1. The maximum Gasteiger partial charge on any atom is 0.0620 e. The average molecular weight is 456 g/mol. The summed E-state index contributed by atoms with van der Waals surface area (Å²) in [4.78, 5) is 0. The van der Waals surface area contributed by atoms with E-state index in [4.69, 9.17) is 9.47 Å². The Kier molecular flexibility index (Phi) is 28.8. The fraction of sp³-hybridized carbons (Fsp3) is 1.00. The van der Waals surface area contributed by atoms with Gasteiger partial charge in [-0.2, -0.15) is 0 Å². The smallest absolute Gasteiger partial charge is 0.0620 e. The van der Waals surface area contributed by atoms with Crippen molar-refractivity contribution in [2.75, 3.05) is 33.5 Å². The maximum absolute atomic E-state index is 5.90. The van der Waals surface area contributed by atoms with Crippen LogP contribution in [0.4, 0.5) is 0 Å². The van der Waals surface area contributed by atoms with Crippen LogP contribution in [-0.2, 0) is 9.47 Å². The summed E-state index contributed by atoms with van der Waals surface area (Å²) in [5, 5.41) is 3.38. The fourth-order valence-electron chi connectivity index (χ4n) is 4.25. The van der Waals surface area contributed by atoms with Crippen molar-refractivity contribution in [1.29, 1.82) is 0 Å². The summed E-state index contributed by atoms with van der Waals surface area (Å²) in [5.74, 6) is 0. The van der Waals surface area contributed by atoms with Gasteiger partial charge in [-0.15, -0.1) is 0 Å². The lowest BCUT2D eigenvalue weighted by atomic mass is 10.1. The highest BCUT2D eigenvalue weighted by Gasteiger charge is 2.06. The van der Waals surface area contributed by atoms with Crippen LogP contribution in [0, 0.1) is 0 Å². The van der Waals surface area contributed by atoms with Gasteiger partial charge in [-0.1, -0.05) is 129 Å². The van der Waals surface area contributed by atoms with Crippen LogP contribution in [0.2, 0.25) is 0 Å². The molecule has 32 heavy (non-hydrogen) atoms. The van der Waals surface area contributed by atoms with Crippen LogP contribution in [-0.4, -0.2) is 39.5 Å². The summed E-state index contributed by atoms with van der Waals surface area (Å²) in [6, 6.07) is 0.422. The van der Waals surface area contributed by atoms with Crippen molar-refractivity contribution in [3.63, 3.8) is 0 Å². The van der Waals surface area contributed by atoms with Crippen molar-refractivity contribution in [3.8, 4) is 0 Å². The Morgan fingerprint density at radius 2 is 0.844 bits per heavy atom. The summed E-state index contributed by atoms with van der Waals surface area (Å²) >= 11 is 0. The third-order valence-corrected chi connectivity index (χ3v) is 6.62. The molecule has 0 bridgehead atoms. The second-order valence-corrected chi connectivity index (χ2v) is 9.83. The number of likely N-dealkylation sites (N-methyl/N-ethyl adjacent to an activating group) is 1. The van der Waals surface area contributed by atoms with E-state index in [-0.39, 0.29) is 0 Å². The molecule has 3 nitrogen and oxygen atoms in total. The highest BCUT2D eigenvalue weighted by atomic mass is 16.5. The lowest BCUT2D eigenvalue weighted by Gasteiger charge is -2.16. The molecule has 0 amide bonds. The molecule has 0 rings (SSSR count). The minimum Gasteiger partial charge on any atom is -0.381 e. The summed E-state index contributed by atoms with van der Waals surface area (Å²) < 4.78 is 11.8. The third kappa shape index (κ3) is 26.1. The van der Waals surface area contributed by atoms with Crippen molar-refractivity contribution < 1.29 is 9.47 Å². The van der Waals surface area contributed by atoms with Crippen LogP contribution < -0.4 is 5.32 Å². The number of unbranched alkanes of at least 4 members (excludes halogenated alkanes) is 18. The second kappa shape index (κ2) is 28.9. The molecule has 0 spiro atoms. The quantitative estimate of drug-likeness (QED) is 0.119. The molecule has 0 aliphatic carbocycles. The first kappa shape index (κ1) is 31.9. The van der Waals surface area contributed by atoms with Crippen LogP contribution in [0.25, 0.3) is 0 Å². The standard InChI is InChI=1S/C29H61NO2/c1-4-6-8-10-12-14-16-18-20-22-25-31-27-24-29(30-3)28-32-26-23-21-19-17-15-13-11-9-7-5-2/h29-30H,4-28H2,1-3H3. The Morgan fingerprint density at radius 3 is 1.25 bits per heavy atom. The number of hydrogen-bond acceptors (Lipinski definition) is 3. The Bertz CT molecular complexity index is 324. The molecule has 1 atom stereocenters. The van der Waals surface area contributed by atoms with E-state index in [1.54, 1.807) is 0 Å². The van der Waals surface area contributed by atoms with E-state index in [2.05, 4.69) is 19.2 Å². The van der Waals surface area contributed by atoms with E-state index in [1.165, 1.54) is 128 Å². The summed E-state index contributed by atoms with van der Waals surface area (Å²) in [7, 11) is 2.04. The highest BCUT2D eigenvalue weighted by Crippen LogP contribution is 2.11. The molecule has 1 unspecified atom stereocenters. The Labute approximate surface area is 203 Å². The van der Waals surface area contributed by atoms with Gasteiger partial charge in [0.25, 0.3) is 0 Å². The van der Waals surface area contributed by atoms with Gasteiger partial charge < -0.3 is 14.8 Å². The molecule has 0 aromatic carbocycles. The molecule has 0 heterocycles. The molecule has 0 aliphatic rings. The van der Waals surface area contributed by atoms with E-state index in [9.17, 15) is 0 Å². The van der Waals surface area contributed by atoms with E-state index >= 15 is 0 Å². The molecule has 0 aliphatic heterocycles. The fourth-order valence-corrected chi connectivity index (χ4v) is 4.25. The van der Waals surface area contributed by atoms with Gasteiger partial charge in [0, 0.05) is 25.9 Å². The number of nitrogens with one attached hydrogen (secondary N) is 1. The topological polar surface area (TPSA) is 30.5 Å². The maximum atomic E-state index is 5.90. The van der Waals surface area contributed by atoms with Gasteiger partial charge in [-0.05, 0) is 26.3 Å². The molecule has 0 aromatic heterocycles. The van der Waals surface area contributed by atoms with Crippen LogP contribution in [0.1, 0.15) is 149 Å². The minimum atomic E-state index is 0.422. The van der Waals surface area contributed by atoms with Crippen molar-refractivity contribution in [1.82, 2.24) is 5.32 Å². The number of ether oxygens (including phenoxy) is 2. The highest BCUT2D eigenvalue weighted by molar-refractivity contribution is 4.63. The Balaban J connectivity index is 3.26. The van der Waals surface area contributed by atoms with Gasteiger partial charge in [0.05, 0.1) is 6.61 Å². The van der Waals surface area contributed by atoms with Crippen molar-refractivity contribution in [3.05, 3.63) is 0 Å². The molecule has 1 N–H and O–H groups in total. The Morgan fingerprint density at radius 1 is 0.469 bits per heavy atom. The Hall–Kier alpha value is -0.120. The molecule has 3 heteroatoms. The number of rotatable bonds is 28. The predicted octanol–water partition coefficient (Wildman–Crippen LogP) is 8.84. The molecule has 0 saturated carbocycles. The van der Waals surface area contributed by atoms with Gasteiger partial charge in [-0.25, -0.2) is 0 Å². The van der Waals surface area contributed by atoms with E-state index in [1.807, 2.05) is 7.05 Å². The first-order chi connectivity index (χ1) is 15.8. The largest absolute Gasteiger partial charge is 0.381 e. The van der Waals surface area contributed by atoms with Crippen LogP contribution in [0.5, 0.6) is 0 Å². The molecule has 0 radical (unpaired) electrons. The van der Waals surface area contributed by atoms with Gasteiger partial charge in [-0.3, -0.25) is 0 Å². The van der Waals surface area contributed by atoms with E-state index in [0.717, 1.165) is 32.8 Å². The normalized spacial score (nSPS) is 12.5. The third-order valence-electron chi connectivity index (χ3n) is 6.62. The van der Waals surface area contributed by atoms with Gasteiger partial charge in [0.1, 0.15) is 0 Å². The molecule has 0 aromatic rings. The van der Waals surface area contributed by atoms with Gasteiger partial charge >= 0.3 is 0 Å². The van der Waals surface area contributed by atoms with Crippen LogP contribution >= 0.6 is 0 Å². The summed E-state index contributed by atoms with van der Waals surface area (Å²) in [6.45, 7) is 8.07.